The third-order valence-electron chi connectivity index (χ3n) is 1.66. The highest BCUT2D eigenvalue weighted by molar-refractivity contribution is 8.19. The summed E-state index contributed by atoms with van der Waals surface area (Å²) in [6, 6.07) is 0. The monoisotopic (exact) mass is 222 g/mol. The van der Waals surface area contributed by atoms with Crippen LogP contribution in [0.15, 0.2) is 0 Å². The topological polar surface area (TPSA) is 37.3 Å². The van der Waals surface area contributed by atoms with Crippen LogP contribution >= 0.6 is 23.5 Å². The molecular weight excluding hydrogens is 204 g/mol. The molecule has 0 aliphatic carbocycles. The van der Waals surface area contributed by atoms with Crippen molar-refractivity contribution in [1.29, 1.82) is 0 Å². The minimum absolute atomic E-state index is 0.599. The van der Waals surface area contributed by atoms with E-state index in [1.54, 1.807) is 23.5 Å². The molecule has 0 fully saturated rings. The first-order valence-electron chi connectivity index (χ1n) is 4.64. The molecule has 0 radical (unpaired) electrons. The molecule has 0 heterocycles. The van der Waals surface area contributed by atoms with Gasteiger partial charge < -0.3 is 5.11 Å². The maximum atomic E-state index is 11.1. The molecule has 0 unspecified atom stereocenters. The molecule has 0 atom stereocenters. The summed E-state index contributed by atoms with van der Waals surface area (Å²) in [5.41, 5.74) is 0. The Morgan fingerprint density at radius 3 is 1.92 bits per heavy atom. The predicted octanol–water partition coefficient (Wildman–Crippen LogP) is 3.07. The van der Waals surface area contributed by atoms with E-state index in [0.29, 0.717) is 0 Å². The average molecular weight is 222 g/mol. The second-order valence-corrected chi connectivity index (χ2v) is 6.06. The van der Waals surface area contributed by atoms with Gasteiger partial charge in [-0.1, -0.05) is 27.2 Å². The van der Waals surface area contributed by atoms with Gasteiger partial charge in [0.05, 0.1) is 0 Å². The van der Waals surface area contributed by atoms with E-state index >= 15 is 0 Å². The summed E-state index contributed by atoms with van der Waals surface area (Å²) in [6.45, 7) is 6.05. The molecule has 0 aromatic rings. The maximum Gasteiger partial charge on any atom is 0.330 e. The molecule has 0 aliphatic rings. The molecule has 0 saturated carbocycles. The van der Waals surface area contributed by atoms with E-state index in [2.05, 4.69) is 0 Å². The van der Waals surface area contributed by atoms with E-state index in [4.69, 9.17) is 0 Å². The minimum Gasteiger partial charge on any atom is -0.480 e. The van der Waals surface area contributed by atoms with E-state index < -0.39 is 10.0 Å². The van der Waals surface area contributed by atoms with Crippen molar-refractivity contribution < 1.29 is 9.90 Å². The lowest BCUT2D eigenvalue weighted by Crippen LogP contribution is -2.31. The van der Waals surface area contributed by atoms with Crippen LogP contribution in [-0.2, 0) is 4.79 Å². The van der Waals surface area contributed by atoms with E-state index in [0.717, 1.165) is 24.3 Å². The first kappa shape index (κ1) is 13.2. The summed E-state index contributed by atoms with van der Waals surface area (Å²) in [4.78, 5) is 11.1. The Kier molecular flexibility index (Phi) is 6.68. The molecule has 0 aliphatic heterocycles. The second-order valence-electron chi connectivity index (χ2n) is 2.67. The van der Waals surface area contributed by atoms with Crippen LogP contribution in [-0.4, -0.2) is 26.7 Å². The van der Waals surface area contributed by atoms with Gasteiger partial charge in [0, 0.05) is 0 Å². The summed E-state index contributed by atoms with van der Waals surface area (Å²) < 4.78 is -0.599. The van der Waals surface area contributed by atoms with E-state index in [1.807, 2.05) is 20.8 Å². The Morgan fingerprint density at radius 1 is 1.23 bits per heavy atom. The molecule has 0 saturated heterocycles. The van der Waals surface area contributed by atoms with Crippen LogP contribution in [0, 0.1) is 0 Å². The number of hydrogen-bond acceptors (Lipinski definition) is 3. The van der Waals surface area contributed by atoms with Gasteiger partial charge in [0.1, 0.15) is 0 Å². The fourth-order valence-electron chi connectivity index (χ4n) is 1.21. The number of carbonyl (C=O) groups is 1. The first-order valence-corrected chi connectivity index (χ1v) is 6.61. The lowest BCUT2D eigenvalue weighted by atomic mass is 10.2. The summed E-state index contributed by atoms with van der Waals surface area (Å²) in [7, 11) is 0. The SMILES string of the molecule is CCCC(SCC)(SCC)C(=O)O. The molecule has 4 heteroatoms. The number of aliphatic carboxylic acids is 1. The number of hydrogen-bond donors (Lipinski definition) is 1. The standard InChI is InChI=1S/C9H18O2S2/c1-4-7-9(8(10)11,12-5-2)13-6-3/h4-7H2,1-3H3,(H,10,11). The van der Waals surface area contributed by atoms with Crippen molar-refractivity contribution in [2.24, 2.45) is 0 Å². The molecule has 0 bridgehead atoms. The van der Waals surface area contributed by atoms with Crippen molar-refractivity contribution in [3.8, 4) is 0 Å². The van der Waals surface area contributed by atoms with E-state index in [9.17, 15) is 9.90 Å². The van der Waals surface area contributed by atoms with Crippen molar-refractivity contribution >= 4 is 29.5 Å². The highest BCUT2D eigenvalue weighted by Crippen LogP contribution is 2.41. The smallest absolute Gasteiger partial charge is 0.330 e. The van der Waals surface area contributed by atoms with Crippen LogP contribution in [0.5, 0.6) is 0 Å². The van der Waals surface area contributed by atoms with Gasteiger partial charge in [-0.2, -0.15) is 0 Å². The zero-order valence-electron chi connectivity index (χ0n) is 8.50. The summed E-state index contributed by atoms with van der Waals surface area (Å²) in [6.07, 6.45) is 1.67. The highest BCUT2D eigenvalue weighted by atomic mass is 32.2. The number of carboxylic acids is 1. The Bertz CT molecular complexity index is 143. The molecule has 0 amide bonds. The summed E-state index contributed by atoms with van der Waals surface area (Å²) in [5.74, 6) is 1.05. The molecule has 2 nitrogen and oxygen atoms in total. The fourth-order valence-corrected chi connectivity index (χ4v) is 4.13. The van der Waals surface area contributed by atoms with Crippen LogP contribution in [0.1, 0.15) is 33.6 Å². The molecular formula is C9H18O2S2. The van der Waals surface area contributed by atoms with Crippen molar-refractivity contribution in [1.82, 2.24) is 0 Å². The molecule has 78 valence electrons. The zero-order chi connectivity index (χ0) is 10.3. The van der Waals surface area contributed by atoms with Crippen LogP contribution in [0.2, 0.25) is 0 Å². The Labute approximate surface area is 88.9 Å². The van der Waals surface area contributed by atoms with Crippen LogP contribution < -0.4 is 0 Å². The van der Waals surface area contributed by atoms with Gasteiger partial charge in [0.2, 0.25) is 0 Å². The second kappa shape index (κ2) is 6.60. The number of thioether (sulfide) groups is 2. The fraction of sp³-hybridized carbons (Fsp3) is 0.889. The van der Waals surface area contributed by atoms with Gasteiger partial charge in [-0.25, -0.2) is 4.79 Å². The average Bonchev–Trinajstić information content (AvgIpc) is 2.05. The van der Waals surface area contributed by atoms with Crippen molar-refractivity contribution in [2.45, 2.75) is 37.7 Å². The molecule has 0 aromatic heterocycles. The van der Waals surface area contributed by atoms with Crippen molar-refractivity contribution in [3.63, 3.8) is 0 Å². The molecule has 13 heavy (non-hydrogen) atoms. The lowest BCUT2D eigenvalue weighted by molar-refractivity contribution is -0.137. The van der Waals surface area contributed by atoms with Crippen LogP contribution in [0.25, 0.3) is 0 Å². The maximum absolute atomic E-state index is 11.1. The lowest BCUT2D eigenvalue weighted by Gasteiger charge is -2.26. The first-order chi connectivity index (χ1) is 6.13. The molecule has 1 N–H and O–H groups in total. The Hall–Kier alpha value is 0.170. The van der Waals surface area contributed by atoms with Crippen LogP contribution in [0.3, 0.4) is 0 Å². The normalized spacial score (nSPS) is 11.6. The van der Waals surface area contributed by atoms with Gasteiger partial charge in [-0.05, 0) is 17.9 Å². The van der Waals surface area contributed by atoms with Gasteiger partial charge >= 0.3 is 5.97 Å². The van der Waals surface area contributed by atoms with Gasteiger partial charge in [-0.3, -0.25) is 0 Å². The van der Waals surface area contributed by atoms with E-state index in [1.165, 1.54) is 0 Å². The quantitative estimate of drug-likeness (QED) is 0.672. The molecule has 0 rings (SSSR count). The minimum atomic E-state index is -0.673. The number of carboxylic acid groups (broad SMARTS) is 1. The predicted molar refractivity (Wildman–Crippen MR) is 61.5 cm³/mol. The molecule has 0 aromatic carbocycles. The Balaban J connectivity index is 4.48. The van der Waals surface area contributed by atoms with E-state index in [-0.39, 0.29) is 0 Å². The van der Waals surface area contributed by atoms with Crippen molar-refractivity contribution in [3.05, 3.63) is 0 Å². The zero-order valence-corrected chi connectivity index (χ0v) is 10.1. The summed E-state index contributed by atoms with van der Waals surface area (Å²) >= 11 is 3.09. The third-order valence-corrected chi connectivity index (χ3v) is 4.63. The van der Waals surface area contributed by atoms with Crippen molar-refractivity contribution in [2.75, 3.05) is 11.5 Å². The van der Waals surface area contributed by atoms with Gasteiger partial charge in [-0.15, -0.1) is 23.5 Å². The number of rotatable bonds is 7. The van der Waals surface area contributed by atoms with Gasteiger partial charge in [0.25, 0.3) is 0 Å². The third kappa shape index (κ3) is 3.81. The molecule has 0 spiro atoms. The van der Waals surface area contributed by atoms with Crippen LogP contribution in [0.4, 0.5) is 0 Å². The largest absolute Gasteiger partial charge is 0.480 e. The Morgan fingerprint density at radius 2 is 1.69 bits per heavy atom. The summed E-state index contributed by atoms with van der Waals surface area (Å²) in [5, 5.41) is 9.18. The highest BCUT2D eigenvalue weighted by Gasteiger charge is 2.37. The van der Waals surface area contributed by atoms with Gasteiger partial charge in [0.15, 0.2) is 4.08 Å².